The predicted octanol–water partition coefficient (Wildman–Crippen LogP) is 3.32. The summed E-state index contributed by atoms with van der Waals surface area (Å²) in [6.07, 6.45) is 0. The number of thiazole rings is 1. The number of anilines is 2. The summed E-state index contributed by atoms with van der Waals surface area (Å²) in [5.74, 6) is 1.01. The van der Waals surface area contributed by atoms with E-state index in [1.807, 2.05) is 0 Å². The number of nitrogens with zero attached hydrogens (tertiary/aromatic N) is 1. The maximum absolute atomic E-state index is 12.1. The average Bonchev–Trinajstić information content (AvgIpc) is 2.87. The van der Waals surface area contributed by atoms with Crippen LogP contribution in [0.3, 0.4) is 0 Å². The van der Waals surface area contributed by atoms with E-state index in [0.29, 0.717) is 32.9 Å². The molecule has 0 bridgehead atoms. The van der Waals surface area contributed by atoms with Gasteiger partial charge in [-0.2, -0.15) is 0 Å². The van der Waals surface area contributed by atoms with E-state index in [1.165, 1.54) is 21.1 Å². The summed E-state index contributed by atoms with van der Waals surface area (Å²) in [6, 6.07) is 4.58. The van der Waals surface area contributed by atoms with Crippen molar-refractivity contribution < 1.29 is 19.1 Å². The van der Waals surface area contributed by atoms with Gasteiger partial charge in [0.25, 0.3) is 0 Å². The molecule has 1 heterocycles. The van der Waals surface area contributed by atoms with Gasteiger partial charge in [-0.15, -0.1) is 0 Å². The van der Waals surface area contributed by atoms with Crippen LogP contribution in [0.4, 0.5) is 15.6 Å². The summed E-state index contributed by atoms with van der Waals surface area (Å²) in [5.41, 5.74) is 1.06. The molecule has 0 radical (unpaired) electrons. The Morgan fingerprint density at radius 1 is 1.17 bits per heavy atom. The van der Waals surface area contributed by atoms with Gasteiger partial charge in [0.1, 0.15) is 11.5 Å². The molecule has 2 amide bonds. The van der Waals surface area contributed by atoms with Gasteiger partial charge in [-0.25, -0.2) is 9.78 Å². The van der Waals surface area contributed by atoms with Crippen LogP contribution in [0.1, 0.15) is 22.3 Å². The number of ether oxygens (including phenoxy) is 2. The van der Waals surface area contributed by atoms with E-state index in [0.717, 1.165) is 11.3 Å². The minimum Gasteiger partial charge on any atom is -0.497 e. The zero-order chi connectivity index (χ0) is 17.0. The Labute approximate surface area is 137 Å². The molecule has 2 rings (SSSR count). The van der Waals surface area contributed by atoms with Gasteiger partial charge in [0, 0.05) is 13.0 Å². The number of urea groups is 1. The maximum atomic E-state index is 12.1. The van der Waals surface area contributed by atoms with E-state index in [2.05, 4.69) is 15.6 Å². The Morgan fingerprint density at radius 3 is 2.48 bits per heavy atom. The summed E-state index contributed by atoms with van der Waals surface area (Å²) >= 11 is 1.14. The first-order chi connectivity index (χ1) is 10.9. The van der Waals surface area contributed by atoms with Crippen molar-refractivity contribution in [3.05, 3.63) is 28.8 Å². The molecule has 1 aromatic heterocycles. The summed E-state index contributed by atoms with van der Waals surface area (Å²) < 4.78 is 10.3. The lowest BCUT2D eigenvalue weighted by molar-refractivity contribution is 0.102. The molecule has 0 atom stereocenters. The van der Waals surface area contributed by atoms with E-state index < -0.39 is 6.03 Å². The molecule has 0 aliphatic carbocycles. The van der Waals surface area contributed by atoms with Gasteiger partial charge >= 0.3 is 6.03 Å². The molecule has 0 spiro atoms. The van der Waals surface area contributed by atoms with Crippen molar-refractivity contribution in [2.45, 2.75) is 13.8 Å². The smallest absolute Gasteiger partial charge is 0.325 e. The normalized spacial score (nSPS) is 10.1. The van der Waals surface area contributed by atoms with E-state index in [9.17, 15) is 9.59 Å². The van der Waals surface area contributed by atoms with Crippen molar-refractivity contribution in [3.8, 4) is 11.5 Å². The van der Waals surface area contributed by atoms with Crippen LogP contribution in [-0.4, -0.2) is 31.0 Å². The lowest BCUT2D eigenvalue weighted by Crippen LogP contribution is -2.19. The van der Waals surface area contributed by atoms with Crippen molar-refractivity contribution in [1.29, 1.82) is 0 Å². The van der Waals surface area contributed by atoms with Crippen LogP contribution in [0.2, 0.25) is 0 Å². The van der Waals surface area contributed by atoms with Gasteiger partial charge in [0.05, 0.1) is 30.5 Å². The number of benzene rings is 1. The first-order valence-corrected chi connectivity index (χ1v) is 7.54. The molecule has 0 fully saturated rings. The molecular weight excluding hydrogens is 318 g/mol. The second-order valence-electron chi connectivity index (χ2n) is 4.64. The number of ketones is 1. The van der Waals surface area contributed by atoms with E-state index in [1.54, 1.807) is 25.1 Å². The lowest BCUT2D eigenvalue weighted by atomic mass is 10.2. The minimum absolute atomic E-state index is 0.0806. The van der Waals surface area contributed by atoms with Gasteiger partial charge in [-0.1, -0.05) is 11.3 Å². The molecule has 0 aliphatic heterocycles. The summed E-state index contributed by atoms with van der Waals surface area (Å²) in [5, 5.41) is 5.63. The highest BCUT2D eigenvalue weighted by Crippen LogP contribution is 2.29. The van der Waals surface area contributed by atoms with Crippen molar-refractivity contribution in [2.24, 2.45) is 0 Å². The molecule has 23 heavy (non-hydrogen) atoms. The highest BCUT2D eigenvalue weighted by atomic mass is 32.1. The summed E-state index contributed by atoms with van der Waals surface area (Å²) in [7, 11) is 3.04. The minimum atomic E-state index is -0.486. The molecule has 0 saturated heterocycles. The van der Waals surface area contributed by atoms with E-state index >= 15 is 0 Å². The number of carbonyl (C=O) groups excluding carboxylic acids is 2. The monoisotopic (exact) mass is 335 g/mol. The average molecular weight is 335 g/mol. The Morgan fingerprint density at radius 2 is 1.91 bits per heavy atom. The second-order valence-corrected chi connectivity index (χ2v) is 5.63. The predicted molar refractivity (Wildman–Crippen MR) is 89.0 cm³/mol. The van der Waals surface area contributed by atoms with Crippen LogP contribution in [0, 0.1) is 6.92 Å². The first kappa shape index (κ1) is 16.8. The first-order valence-electron chi connectivity index (χ1n) is 6.73. The molecule has 8 heteroatoms. The fraction of sp³-hybridized carbons (Fsp3) is 0.267. The number of rotatable bonds is 5. The lowest BCUT2D eigenvalue weighted by Gasteiger charge is -2.11. The molecule has 7 nitrogen and oxygen atoms in total. The Bertz CT molecular complexity index is 742. The van der Waals surface area contributed by atoms with Crippen LogP contribution in [0.15, 0.2) is 18.2 Å². The Balaban J connectivity index is 2.13. The van der Waals surface area contributed by atoms with Crippen molar-refractivity contribution in [1.82, 2.24) is 4.98 Å². The second kappa shape index (κ2) is 7.10. The fourth-order valence-corrected chi connectivity index (χ4v) is 2.80. The third-order valence-corrected chi connectivity index (χ3v) is 4.17. The highest BCUT2D eigenvalue weighted by molar-refractivity contribution is 7.17. The zero-order valence-electron chi connectivity index (χ0n) is 13.2. The standard InChI is InChI=1S/C15H17N3O4S/c1-8-13(9(2)19)23-15(16-8)18-14(20)17-11-7-10(21-3)5-6-12(11)22-4/h5-7H,1-4H3,(H2,16,17,18,20). The molecule has 0 saturated carbocycles. The molecule has 2 aromatic rings. The maximum Gasteiger partial charge on any atom is 0.325 e. The van der Waals surface area contributed by atoms with E-state index in [-0.39, 0.29) is 5.78 Å². The molecule has 0 unspecified atom stereocenters. The van der Waals surface area contributed by atoms with Gasteiger partial charge in [0.15, 0.2) is 10.9 Å². The quantitative estimate of drug-likeness (QED) is 0.818. The fourth-order valence-electron chi connectivity index (χ4n) is 1.94. The Hall–Kier alpha value is -2.61. The van der Waals surface area contributed by atoms with Crippen LogP contribution in [0.5, 0.6) is 11.5 Å². The number of amides is 2. The van der Waals surface area contributed by atoms with Crippen molar-refractivity contribution >= 4 is 34.0 Å². The largest absolute Gasteiger partial charge is 0.497 e. The van der Waals surface area contributed by atoms with Crippen LogP contribution in [0.25, 0.3) is 0 Å². The van der Waals surface area contributed by atoms with Gasteiger partial charge in [-0.3, -0.25) is 10.1 Å². The summed E-state index contributed by atoms with van der Waals surface area (Å²) in [6.45, 7) is 3.19. The van der Waals surface area contributed by atoms with Gasteiger partial charge < -0.3 is 14.8 Å². The van der Waals surface area contributed by atoms with Gasteiger partial charge in [-0.05, 0) is 19.1 Å². The third-order valence-electron chi connectivity index (χ3n) is 2.99. The van der Waals surface area contributed by atoms with Crippen LogP contribution < -0.4 is 20.1 Å². The number of hydrogen-bond donors (Lipinski definition) is 2. The van der Waals surface area contributed by atoms with Crippen molar-refractivity contribution in [3.63, 3.8) is 0 Å². The molecule has 0 aliphatic rings. The number of hydrogen-bond acceptors (Lipinski definition) is 6. The topological polar surface area (TPSA) is 89.6 Å². The molecule has 1 aromatic carbocycles. The van der Waals surface area contributed by atoms with E-state index in [4.69, 9.17) is 9.47 Å². The molecule has 2 N–H and O–H groups in total. The van der Waals surface area contributed by atoms with Crippen LogP contribution in [-0.2, 0) is 0 Å². The SMILES string of the molecule is COc1ccc(OC)c(NC(=O)Nc2nc(C)c(C(C)=O)s2)c1. The summed E-state index contributed by atoms with van der Waals surface area (Å²) in [4.78, 5) is 28.2. The highest BCUT2D eigenvalue weighted by Gasteiger charge is 2.14. The molecule has 122 valence electrons. The van der Waals surface area contributed by atoms with Gasteiger partial charge in [0.2, 0.25) is 0 Å². The molecular formula is C15H17N3O4S. The number of methoxy groups -OCH3 is 2. The van der Waals surface area contributed by atoms with Crippen molar-refractivity contribution in [2.75, 3.05) is 24.9 Å². The third kappa shape index (κ3) is 3.98. The Kier molecular flexibility index (Phi) is 5.17. The number of aromatic nitrogens is 1. The number of Topliss-reactive ketones (excluding diaryl/α,β-unsaturated/α-hetero) is 1. The number of aryl methyl sites for hydroxylation is 1. The number of carbonyl (C=O) groups is 2. The van der Waals surface area contributed by atoms with Crippen LogP contribution >= 0.6 is 11.3 Å². The zero-order valence-corrected chi connectivity index (χ0v) is 14.0. The number of nitrogens with one attached hydrogen (secondary N) is 2.